The van der Waals surface area contributed by atoms with E-state index >= 15 is 0 Å². The summed E-state index contributed by atoms with van der Waals surface area (Å²) < 4.78 is 5.39. The van der Waals surface area contributed by atoms with Gasteiger partial charge in [-0.15, -0.1) is 0 Å². The van der Waals surface area contributed by atoms with Crippen molar-refractivity contribution in [2.75, 3.05) is 13.1 Å². The van der Waals surface area contributed by atoms with Crippen LogP contribution >= 0.6 is 0 Å². The summed E-state index contributed by atoms with van der Waals surface area (Å²) in [5, 5.41) is 11.6. The van der Waals surface area contributed by atoms with Crippen LogP contribution in [0.15, 0.2) is 0 Å². The number of piperidine rings is 1. The van der Waals surface area contributed by atoms with Crippen molar-refractivity contribution in [2.24, 2.45) is 11.8 Å². The van der Waals surface area contributed by atoms with Crippen molar-refractivity contribution in [2.45, 2.75) is 70.9 Å². The van der Waals surface area contributed by atoms with E-state index in [0.29, 0.717) is 31.8 Å². The van der Waals surface area contributed by atoms with Gasteiger partial charge in [-0.05, 0) is 58.8 Å². The first kappa shape index (κ1) is 19.5. The molecule has 2 amide bonds. The fourth-order valence-electron chi connectivity index (χ4n) is 3.19. The highest BCUT2D eigenvalue weighted by Gasteiger charge is 2.44. The third kappa shape index (κ3) is 6.55. The fourth-order valence-corrected chi connectivity index (χ4v) is 3.19. The zero-order valence-electron chi connectivity index (χ0n) is 15.4. The van der Waals surface area contributed by atoms with Crippen molar-refractivity contribution >= 4 is 18.0 Å². The van der Waals surface area contributed by atoms with Crippen LogP contribution in [-0.2, 0) is 14.3 Å². The molecule has 0 radical (unpaired) electrons. The van der Waals surface area contributed by atoms with Crippen LogP contribution in [0.2, 0.25) is 0 Å². The molecule has 1 heterocycles. The van der Waals surface area contributed by atoms with Gasteiger partial charge in [-0.25, -0.2) is 4.79 Å². The summed E-state index contributed by atoms with van der Waals surface area (Å²) >= 11 is 0. The number of aliphatic carboxylic acids is 1. The molecule has 0 bridgehead atoms. The molecule has 2 fully saturated rings. The Morgan fingerprint density at radius 3 is 2.36 bits per heavy atom. The number of hydrogen-bond donors (Lipinski definition) is 2. The molecule has 0 aromatic rings. The quantitative estimate of drug-likeness (QED) is 0.763. The van der Waals surface area contributed by atoms with Gasteiger partial charge >= 0.3 is 12.1 Å². The lowest BCUT2D eigenvalue weighted by Crippen LogP contribution is -2.41. The predicted octanol–water partition coefficient (Wildman–Crippen LogP) is 2.39. The molecule has 0 spiro atoms. The SMILES string of the molecule is CC(C)(C)OC(=O)N1CCC(CCCC(=O)NC2CC2C(=O)O)CC1. The van der Waals surface area contributed by atoms with Gasteiger partial charge in [0.2, 0.25) is 5.91 Å². The summed E-state index contributed by atoms with van der Waals surface area (Å²) in [5.41, 5.74) is -0.470. The lowest BCUT2D eigenvalue weighted by atomic mass is 9.91. The van der Waals surface area contributed by atoms with Crippen molar-refractivity contribution in [3.05, 3.63) is 0 Å². The van der Waals surface area contributed by atoms with Gasteiger partial charge in [-0.1, -0.05) is 0 Å². The molecule has 25 heavy (non-hydrogen) atoms. The standard InChI is InChI=1S/C18H30N2O5/c1-18(2,3)25-17(24)20-9-7-12(8-10-20)5-4-6-15(21)19-14-11-13(14)16(22)23/h12-14H,4-11H2,1-3H3,(H,19,21)(H,22,23). The maximum atomic E-state index is 12.0. The van der Waals surface area contributed by atoms with Crippen LogP contribution in [0.25, 0.3) is 0 Å². The first-order valence-electron chi connectivity index (χ1n) is 9.16. The maximum Gasteiger partial charge on any atom is 0.410 e. The molecular weight excluding hydrogens is 324 g/mol. The van der Waals surface area contributed by atoms with Gasteiger partial charge in [0, 0.05) is 25.6 Å². The normalized spacial score (nSPS) is 23.9. The number of carboxylic acid groups (broad SMARTS) is 1. The van der Waals surface area contributed by atoms with Crippen molar-refractivity contribution < 1.29 is 24.2 Å². The number of hydrogen-bond acceptors (Lipinski definition) is 4. The van der Waals surface area contributed by atoms with E-state index in [1.807, 2.05) is 20.8 Å². The minimum atomic E-state index is -0.831. The summed E-state index contributed by atoms with van der Waals surface area (Å²) in [5.74, 6) is -0.762. The number of likely N-dealkylation sites (tertiary alicyclic amines) is 1. The number of nitrogens with one attached hydrogen (secondary N) is 1. The number of rotatable bonds is 6. The van der Waals surface area contributed by atoms with Gasteiger partial charge in [0.1, 0.15) is 5.60 Å². The van der Waals surface area contributed by atoms with Gasteiger partial charge in [0.25, 0.3) is 0 Å². The third-order valence-electron chi connectivity index (χ3n) is 4.74. The first-order chi connectivity index (χ1) is 11.7. The fraction of sp³-hybridized carbons (Fsp3) is 0.833. The average molecular weight is 354 g/mol. The van der Waals surface area contributed by atoms with Crippen LogP contribution in [0.3, 0.4) is 0 Å². The van der Waals surface area contributed by atoms with E-state index in [2.05, 4.69) is 5.32 Å². The van der Waals surface area contributed by atoms with E-state index < -0.39 is 17.5 Å². The smallest absolute Gasteiger partial charge is 0.410 e. The highest BCUT2D eigenvalue weighted by molar-refractivity contribution is 5.80. The molecule has 2 aliphatic rings. The summed E-state index contributed by atoms with van der Waals surface area (Å²) in [6.45, 7) is 7.00. The molecule has 1 saturated carbocycles. The minimum Gasteiger partial charge on any atom is -0.481 e. The Labute approximate surface area is 149 Å². The molecule has 0 aromatic heterocycles. The average Bonchev–Trinajstić information content (AvgIpc) is 3.25. The predicted molar refractivity (Wildman–Crippen MR) is 92.1 cm³/mol. The lowest BCUT2D eigenvalue weighted by Gasteiger charge is -2.33. The second-order valence-corrected chi connectivity index (χ2v) is 8.16. The van der Waals surface area contributed by atoms with Crippen LogP contribution in [-0.4, -0.2) is 52.7 Å². The summed E-state index contributed by atoms with van der Waals surface area (Å²) in [4.78, 5) is 36.3. The van der Waals surface area contributed by atoms with Gasteiger partial charge < -0.3 is 20.1 Å². The summed E-state index contributed by atoms with van der Waals surface area (Å²) in [7, 11) is 0. The molecule has 2 N–H and O–H groups in total. The van der Waals surface area contributed by atoms with Crippen LogP contribution in [0.4, 0.5) is 4.79 Å². The molecule has 1 aliphatic heterocycles. The zero-order chi connectivity index (χ0) is 18.6. The largest absolute Gasteiger partial charge is 0.481 e. The second kappa shape index (κ2) is 8.06. The van der Waals surface area contributed by atoms with Crippen molar-refractivity contribution in [3.63, 3.8) is 0 Å². The van der Waals surface area contributed by atoms with Crippen LogP contribution in [0.1, 0.15) is 59.3 Å². The van der Waals surface area contributed by atoms with E-state index in [0.717, 1.165) is 25.7 Å². The Balaban J connectivity index is 1.57. The number of carbonyl (C=O) groups is 3. The molecule has 1 saturated heterocycles. The second-order valence-electron chi connectivity index (χ2n) is 8.16. The van der Waals surface area contributed by atoms with Crippen LogP contribution < -0.4 is 5.32 Å². The Hall–Kier alpha value is -1.79. The number of ether oxygens (including phenoxy) is 1. The minimum absolute atomic E-state index is 0.0556. The molecule has 1 aliphatic carbocycles. The van der Waals surface area contributed by atoms with Crippen molar-refractivity contribution in [1.29, 1.82) is 0 Å². The van der Waals surface area contributed by atoms with Crippen LogP contribution in [0.5, 0.6) is 0 Å². The number of amides is 2. The molecule has 7 nitrogen and oxygen atoms in total. The van der Waals surface area contributed by atoms with Crippen LogP contribution in [0, 0.1) is 11.8 Å². The molecule has 7 heteroatoms. The van der Waals surface area contributed by atoms with Gasteiger partial charge in [-0.2, -0.15) is 0 Å². The Morgan fingerprint density at radius 1 is 1.20 bits per heavy atom. The Bertz CT molecular complexity index is 506. The Kier molecular flexibility index (Phi) is 6.30. The molecule has 142 valence electrons. The monoisotopic (exact) mass is 354 g/mol. The van der Waals surface area contributed by atoms with E-state index in [1.165, 1.54) is 0 Å². The highest BCUT2D eigenvalue weighted by Crippen LogP contribution is 2.30. The first-order valence-corrected chi connectivity index (χ1v) is 9.16. The third-order valence-corrected chi connectivity index (χ3v) is 4.74. The van der Waals surface area contributed by atoms with Gasteiger partial charge in [-0.3, -0.25) is 9.59 Å². The number of carbonyl (C=O) groups excluding carboxylic acids is 2. The van der Waals surface area contributed by atoms with Crippen molar-refractivity contribution in [1.82, 2.24) is 10.2 Å². The topological polar surface area (TPSA) is 95.9 Å². The zero-order valence-corrected chi connectivity index (χ0v) is 15.4. The molecular formula is C18H30N2O5. The number of nitrogens with zero attached hydrogens (tertiary/aromatic N) is 1. The van der Waals surface area contributed by atoms with Crippen molar-refractivity contribution in [3.8, 4) is 0 Å². The Morgan fingerprint density at radius 2 is 1.84 bits per heavy atom. The molecule has 0 aromatic carbocycles. The van der Waals surface area contributed by atoms with E-state index in [-0.39, 0.29) is 18.0 Å². The van der Waals surface area contributed by atoms with Gasteiger partial charge in [0.05, 0.1) is 5.92 Å². The molecule has 2 rings (SSSR count). The maximum absolute atomic E-state index is 12.0. The van der Waals surface area contributed by atoms with E-state index in [9.17, 15) is 14.4 Å². The van der Waals surface area contributed by atoms with E-state index in [4.69, 9.17) is 9.84 Å². The molecule has 2 atom stereocenters. The lowest BCUT2D eigenvalue weighted by molar-refractivity contribution is -0.138. The number of carboxylic acids is 1. The molecule has 2 unspecified atom stereocenters. The summed E-state index contributed by atoms with van der Waals surface area (Å²) in [6.07, 6.45) is 4.37. The van der Waals surface area contributed by atoms with E-state index in [1.54, 1.807) is 4.90 Å². The highest BCUT2D eigenvalue weighted by atomic mass is 16.6. The van der Waals surface area contributed by atoms with Gasteiger partial charge in [0.15, 0.2) is 0 Å². The summed E-state index contributed by atoms with van der Waals surface area (Å²) in [6, 6.07) is -0.179.